The zero-order valence-corrected chi connectivity index (χ0v) is 12.2. The number of thioether (sulfide) groups is 1. The third-order valence-electron chi connectivity index (χ3n) is 3.30. The second-order valence-corrected chi connectivity index (χ2v) is 5.84. The first-order chi connectivity index (χ1) is 9.19. The van der Waals surface area contributed by atoms with E-state index in [1.54, 1.807) is 0 Å². The van der Waals surface area contributed by atoms with Crippen molar-refractivity contribution in [3.8, 4) is 6.07 Å². The van der Waals surface area contributed by atoms with Crippen LogP contribution in [0, 0.1) is 11.3 Å². The zero-order valence-electron chi connectivity index (χ0n) is 11.4. The molecule has 0 N–H and O–H groups in total. The van der Waals surface area contributed by atoms with Gasteiger partial charge in [0.25, 0.3) is 0 Å². The molecule has 1 aromatic rings. The molecular weight excluding hydrogens is 262 g/mol. The molecule has 0 spiro atoms. The molecule has 1 aromatic heterocycles. The predicted molar refractivity (Wildman–Crippen MR) is 73.7 cm³/mol. The summed E-state index contributed by atoms with van der Waals surface area (Å²) in [5.74, 6) is 2.44. The Morgan fingerprint density at radius 2 is 2.32 bits per heavy atom. The first kappa shape index (κ1) is 14.3. The van der Waals surface area contributed by atoms with E-state index in [-0.39, 0.29) is 0 Å². The van der Waals surface area contributed by atoms with Gasteiger partial charge in [0.2, 0.25) is 5.89 Å². The highest BCUT2D eigenvalue weighted by molar-refractivity contribution is 7.98. The molecule has 1 saturated heterocycles. The summed E-state index contributed by atoms with van der Waals surface area (Å²) in [6.45, 7) is 3.21. The number of rotatable bonds is 5. The number of hydrogen-bond donors (Lipinski definition) is 0. The quantitative estimate of drug-likeness (QED) is 0.733. The third-order valence-corrected chi connectivity index (χ3v) is 4.08. The van der Waals surface area contributed by atoms with E-state index in [4.69, 9.17) is 9.78 Å². The molecule has 0 amide bonds. The van der Waals surface area contributed by atoms with Gasteiger partial charge in [-0.2, -0.15) is 10.2 Å². The standard InChI is InChI=1S/C12H19N5OS/c1-16-4-5-17(2)10(8-16)7-11-14-12(18-15-11)9-19-6-3-13/h10H,4-9H2,1-2H3. The van der Waals surface area contributed by atoms with Gasteiger partial charge in [0.05, 0.1) is 17.6 Å². The molecule has 104 valence electrons. The van der Waals surface area contributed by atoms with Crippen LogP contribution in [0.3, 0.4) is 0 Å². The van der Waals surface area contributed by atoms with Crippen LogP contribution in [0.2, 0.25) is 0 Å². The van der Waals surface area contributed by atoms with Crippen molar-refractivity contribution in [3.63, 3.8) is 0 Å². The number of nitrogens with zero attached hydrogens (tertiary/aromatic N) is 5. The Bertz CT molecular complexity index is 444. The minimum atomic E-state index is 0.441. The van der Waals surface area contributed by atoms with E-state index in [1.807, 2.05) is 0 Å². The first-order valence-electron chi connectivity index (χ1n) is 6.34. The molecule has 1 atom stereocenters. The van der Waals surface area contributed by atoms with E-state index in [2.05, 4.69) is 40.1 Å². The smallest absolute Gasteiger partial charge is 0.236 e. The number of nitriles is 1. The first-order valence-corrected chi connectivity index (χ1v) is 7.49. The van der Waals surface area contributed by atoms with Crippen LogP contribution in [-0.4, -0.2) is 65.5 Å². The second-order valence-electron chi connectivity index (χ2n) is 4.86. The SMILES string of the molecule is CN1CCN(C)C(Cc2noc(CSCC#N)n2)C1. The summed E-state index contributed by atoms with van der Waals surface area (Å²) < 4.78 is 5.19. The molecule has 0 aliphatic carbocycles. The molecule has 19 heavy (non-hydrogen) atoms. The summed E-state index contributed by atoms with van der Waals surface area (Å²) in [5, 5.41) is 12.5. The van der Waals surface area contributed by atoms with Crippen LogP contribution in [0.4, 0.5) is 0 Å². The fourth-order valence-electron chi connectivity index (χ4n) is 2.15. The maximum absolute atomic E-state index is 8.47. The van der Waals surface area contributed by atoms with E-state index in [0.717, 1.165) is 31.9 Å². The van der Waals surface area contributed by atoms with Crippen molar-refractivity contribution in [2.45, 2.75) is 18.2 Å². The highest BCUT2D eigenvalue weighted by Crippen LogP contribution is 2.13. The number of hydrogen-bond acceptors (Lipinski definition) is 7. The van der Waals surface area contributed by atoms with Crippen molar-refractivity contribution in [1.29, 1.82) is 5.26 Å². The molecule has 6 nitrogen and oxygen atoms in total. The van der Waals surface area contributed by atoms with Crippen LogP contribution >= 0.6 is 11.8 Å². The Morgan fingerprint density at radius 3 is 3.11 bits per heavy atom. The molecule has 0 saturated carbocycles. The average molecular weight is 281 g/mol. The molecule has 1 fully saturated rings. The van der Waals surface area contributed by atoms with Gasteiger partial charge in [0, 0.05) is 32.1 Å². The van der Waals surface area contributed by atoms with Gasteiger partial charge < -0.3 is 14.3 Å². The molecule has 1 aliphatic rings. The third kappa shape index (κ3) is 4.20. The molecule has 0 bridgehead atoms. The normalized spacial score (nSPS) is 21.4. The van der Waals surface area contributed by atoms with Crippen LogP contribution in [0.15, 0.2) is 4.52 Å². The van der Waals surface area contributed by atoms with Gasteiger partial charge in [-0.15, -0.1) is 11.8 Å². The molecule has 1 aliphatic heterocycles. The van der Waals surface area contributed by atoms with E-state index in [9.17, 15) is 0 Å². The summed E-state index contributed by atoms with van der Waals surface area (Å²) in [7, 11) is 4.28. The lowest BCUT2D eigenvalue weighted by Crippen LogP contribution is -2.50. The predicted octanol–water partition coefficient (Wildman–Crippen LogP) is 0.615. The van der Waals surface area contributed by atoms with Crippen molar-refractivity contribution in [1.82, 2.24) is 19.9 Å². The Morgan fingerprint density at radius 1 is 1.47 bits per heavy atom. The topological polar surface area (TPSA) is 69.2 Å². The van der Waals surface area contributed by atoms with Gasteiger partial charge in [-0.25, -0.2) is 0 Å². The van der Waals surface area contributed by atoms with Gasteiger partial charge >= 0.3 is 0 Å². The Balaban J connectivity index is 1.86. The van der Waals surface area contributed by atoms with Crippen LogP contribution in [0.5, 0.6) is 0 Å². The number of likely N-dealkylation sites (N-methyl/N-ethyl adjacent to an activating group) is 2. The lowest BCUT2D eigenvalue weighted by molar-refractivity contribution is 0.113. The van der Waals surface area contributed by atoms with Crippen LogP contribution in [-0.2, 0) is 12.2 Å². The summed E-state index contributed by atoms with van der Waals surface area (Å²) in [6.07, 6.45) is 0.813. The van der Waals surface area contributed by atoms with Gasteiger partial charge in [-0.1, -0.05) is 5.16 Å². The molecule has 0 radical (unpaired) electrons. The lowest BCUT2D eigenvalue weighted by Gasteiger charge is -2.37. The summed E-state index contributed by atoms with van der Waals surface area (Å²) in [5.41, 5.74) is 0. The van der Waals surface area contributed by atoms with Gasteiger partial charge in [0.1, 0.15) is 0 Å². The van der Waals surface area contributed by atoms with Gasteiger partial charge in [0.15, 0.2) is 5.82 Å². The summed E-state index contributed by atoms with van der Waals surface area (Å²) >= 11 is 1.49. The van der Waals surface area contributed by atoms with E-state index in [0.29, 0.717) is 23.4 Å². The Labute approximate surface area is 117 Å². The van der Waals surface area contributed by atoms with E-state index in [1.165, 1.54) is 11.8 Å². The van der Waals surface area contributed by atoms with E-state index < -0.39 is 0 Å². The highest BCUT2D eigenvalue weighted by Gasteiger charge is 2.24. The van der Waals surface area contributed by atoms with Crippen molar-refractivity contribution in [2.24, 2.45) is 0 Å². The van der Waals surface area contributed by atoms with Crippen molar-refractivity contribution in [2.75, 3.05) is 39.5 Å². The number of aromatic nitrogens is 2. The molecule has 2 rings (SSSR count). The van der Waals surface area contributed by atoms with Crippen LogP contribution in [0.25, 0.3) is 0 Å². The Kier molecular flexibility index (Phi) is 5.19. The Hall–Kier alpha value is -1.10. The average Bonchev–Trinajstić information content (AvgIpc) is 2.82. The van der Waals surface area contributed by atoms with E-state index >= 15 is 0 Å². The highest BCUT2D eigenvalue weighted by atomic mass is 32.2. The molecular formula is C12H19N5OS. The molecule has 0 aromatic carbocycles. The second kappa shape index (κ2) is 6.89. The van der Waals surface area contributed by atoms with Crippen LogP contribution < -0.4 is 0 Å². The molecule has 1 unspecified atom stereocenters. The maximum Gasteiger partial charge on any atom is 0.236 e. The summed E-state index contributed by atoms with van der Waals surface area (Å²) in [6, 6.07) is 2.52. The molecule has 7 heteroatoms. The van der Waals surface area contributed by atoms with Gasteiger partial charge in [-0.3, -0.25) is 0 Å². The van der Waals surface area contributed by atoms with Crippen molar-refractivity contribution in [3.05, 3.63) is 11.7 Å². The number of piperazine rings is 1. The maximum atomic E-state index is 8.47. The fourth-order valence-corrected chi connectivity index (χ4v) is 2.63. The van der Waals surface area contributed by atoms with Gasteiger partial charge in [-0.05, 0) is 14.1 Å². The fraction of sp³-hybridized carbons (Fsp3) is 0.750. The lowest BCUT2D eigenvalue weighted by atomic mass is 10.1. The molecule has 2 heterocycles. The van der Waals surface area contributed by atoms with Crippen LogP contribution in [0.1, 0.15) is 11.7 Å². The zero-order chi connectivity index (χ0) is 13.7. The van der Waals surface area contributed by atoms with Crippen molar-refractivity contribution < 1.29 is 4.52 Å². The minimum absolute atomic E-state index is 0.441. The largest absolute Gasteiger partial charge is 0.338 e. The summed E-state index contributed by atoms with van der Waals surface area (Å²) in [4.78, 5) is 9.06. The van der Waals surface area contributed by atoms with Crippen molar-refractivity contribution >= 4 is 11.8 Å². The minimum Gasteiger partial charge on any atom is -0.338 e. The monoisotopic (exact) mass is 281 g/mol.